The van der Waals surface area contributed by atoms with Gasteiger partial charge >= 0.3 is 0 Å². The van der Waals surface area contributed by atoms with Crippen molar-refractivity contribution < 1.29 is 10.2 Å². The molecular weight excluding hydrogens is 318 g/mol. The Morgan fingerprint density at radius 1 is 0.778 bits per heavy atom. The van der Waals surface area contributed by atoms with E-state index in [1.54, 1.807) is 12.2 Å². The highest BCUT2D eigenvalue weighted by atomic mass is 35.5. The fourth-order valence-corrected chi connectivity index (χ4v) is 2.50. The Labute approximate surface area is 124 Å². The van der Waals surface area contributed by atoms with Crippen LogP contribution in [0, 0.1) is 0 Å². The first-order valence-electron chi connectivity index (χ1n) is 4.94. The summed E-state index contributed by atoms with van der Waals surface area (Å²) >= 11 is 23.7. The number of hydrogen-bond acceptors (Lipinski definition) is 2. The van der Waals surface area contributed by atoms with Gasteiger partial charge in [-0.1, -0.05) is 70.7 Å². The second kappa shape index (κ2) is 4.71. The van der Waals surface area contributed by atoms with E-state index in [4.69, 9.17) is 46.4 Å². The minimum Gasteiger partial charge on any atom is -0.367 e. The summed E-state index contributed by atoms with van der Waals surface area (Å²) in [6.45, 7) is 0. The van der Waals surface area contributed by atoms with E-state index < -0.39 is 10.1 Å². The number of rotatable bonds is 0. The van der Waals surface area contributed by atoms with Gasteiger partial charge in [0.05, 0.1) is 10.1 Å². The van der Waals surface area contributed by atoms with Crippen LogP contribution in [0.1, 0.15) is 0 Å². The summed E-state index contributed by atoms with van der Waals surface area (Å²) < 4.78 is 0. The Bertz CT molecular complexity index is 488. The zero-order valence-corrected chi connectivity index (χ0v) is 11.9. The summed E-state index contributed by atoms with van der Waals surface area (Å²) in [5.41, 5.74) is 0.355. The van der Waals surface area contributed by atoms with Gasteiger partial charge in [0, 0.05) is 11.1 Å². The highest BCUT2D eigenvalue weighted by molar-refractivity contribution is 6.42. The number of halogens is 4. The van der Waals surface area contributed by atoms with Crippen molar-refractivity contribution in [2.45, 2.75) is 10.1 Å². The van der Waals surface area contributed by atoms with Crippen LogP contribution in [0.2, 0.25) is 0 Å². The largest absolute Gasteiger partial charge is 0.367 e. The molecule has 2 atom stereocenters. The Hall–Kier alpha value is -0.220. The third kappa shape index (κ3) is 2.18. The van der Waals surface area contributed by atoms with Crippen molar-refractivity contribution >= 4 is 46.4 Å². The molecule has 18 heavy (non-hydrogen) atoms. The second-order valence-corrected chi connectivity index (χ2v) is 5.73. The number of alkyl halides is 2. The Morgan fingerprint density at radius 3 is 1.44 bits per heavy atom. The van der Waals surface area contributed by atoms with Crippen LogP contribution in [-0.2, 0) is 0 Å². The first-order valence-corrected chi connectivity index (χ1v) is 6.45. The van der Waals surface area contributed by atoms with Crippen LogP contribution < -0.4 is 0 Å². The van der Waals surface area contributed by atoms with Crippen molar-refractivity contribution in [3.63, 3.8) is 0 Å². The van der Waals surface area contributed by atoms with Crippen molar-refractivity contribution in [1.82, 2.24) is 0 Å². The van der Waals surface area contributed by atoms with Gasteiger partial charge in [-0.2, -0.15) is 0 Å². The van der Waals surface area contributed by atoms with Crippen LogP contribution in [0.4, 0.5) is 0 Å². The van der Waals surface area contributed by atoms with Gasteiger partial charge < -0.3 is 10.2 Å². The molecule has 0 bridgehead atoms. The molecule has 0 spiro atoms. The topological polar surface area (TPSA) is 40.5 Å². The lowest BCUT2D eigenvalue weighted by molar-refractivity contribution is 0.193. The molecule has 2 aliphatic rings. The van der Waals surface area contributed by atoms with Crippen molar-refractivity contribution in [2.24, 2.45) is 0 Å². The monoisotopic (exact) mass is 324 g/mol. The zero-order chi connectivity index (χ0) is 13.6. The Balaban J connectivity index is 2.63. The molecule has 0 aromatic heterocycles. The molecule has 2 N–H and O–H groups in total. The molecular formula is C12H8Cl4O2. The number of hydrogen-bond donors (Lipinski definition) is 2. The maximum absolute atomic E-state index is 10.2. The SMILES string of the molecule is OC1(Cl)C(Cl)=CC=C/C1=C1/C=CC=C(Cl)C1(O)Cl. The average Bonchev–Trinajstić information content (AvgIpc) is 2.27. The highest BCUT2D eigenvalue weighted by Gasteiger charge is 2.42. The fourth-order valence-electron chi connectivity index (χ4n) is 1.69. The van der Waals surface area contributed by atoms with Gasteiger partial charge in [-0.05, 0) is 12.2 Å². The summed E-state index contributed by atoms with van der Waals surface area (Å²) in [7, 11) is 0. The third-order valence-electron chi connectivity index (χ3n) is 2.65. The summed E-state index contributed by atoms with van der Waals surface area (Å²) in [4.78, 5) is 0. The second-order valence-electron chi connectivity index (χ2n) is 3.82. The molecule has 2 aliphatic carbocycles. The third-order valence-corrected chi connectivity index (χ3v) is 4.45. The van der Waals surface area contributed by atoms with Gasteiger partial charge in [-0.25, -0.2) is 0 Å². The van der Waals surface area contributed by atoms with Gasteiger partial charge in [0.1, 0.15) is 0 Å². The molecule has 2 rings (SSSR count). The van der Waals surface area contributed by atoms with Gasteiger partial charge in [-0.3, -0.25) is 0 Å². The molecule has 0 aromatic carbocycles. The van der Waals surface area contributed by atoms with E-state index in [1.807, 2.05) is 0 Å². The summed E-state index contributed by atoms with van der Waals surface area (Å²) in [6.07, 6.45) is 9.12. The van der Waals surface area contributed by atoms with Crippen molar-refractivity contribution in [3.8, 4) is 0 Å². The van der Waals surface area contributed by atoms with Crippen molar-refractivity contribution in [2.75, 3.05) is 0 Å². The molecule has 0 amide bonds. The minimum atomic E-state index is -1.94. The van der Waals surface area contributed by atoms with Crippen molar-refractivity contribution in [3.05, 3.63) is 57.7 Å². The number of aliphatic hydroxyl groups is 2. The van der Waals surface area contributed by atoms with Gasteiger partial charge in [0.2, 0.25) is 10.1 Å². The van der Waals surface area contributed by atoms with E-state index in [1.165, 1.54) is 24.3 Å². The quantitative estimate of drug-likeness (QED) is 0.669. The maximum atomic E-state index is 10.2. The first-order chi connectivity index (χ1) is 8.28. The molecule has 0 aromatic rings. The molecule has 0 saturated carbocycles. The van der Waals surface area contributed by atoms with Crippen LogP contribution in [0.25, 0.3) is 0 Å². The van der Waals surface area contributed by atoms with Crippen LogP contribution in [0.5, 0.6) is 0 Å². The van der Waals surface area contributed by atoms with E-state index in [-0.39, 0.29) is 21.2 Å². The molecule has 0 fully saturated rings. The predicted molar refractivity (Wildman–Crippen MR) is 74.8 cm³/mol. The molecule has 2 nitrogen and oxygen atoms in total. The normalized spacial score (nSPS) is 39.7. The van der Waals surface area contributed by atoms with Gasteiger partial charge in [-0.15, -0.1) is 0 Å². The average molecular weight is 326 g/mol. The molecule has 2 unspecified atom stereocenters. The highest BCUT2D eigenvalue weighted by Crippen LogP contribution is 2.45. The van der Waals surface area contributed by atoms with Gasteiger partial charge in [0.25, 0.3) is 0 Å². The van der Waals surface area contributed by atoms with E-state index in [2.05, 4.69) is 0 Å². The van der Waals surface area contributed by atoms with Gasteiger partial charge in [0.15, 0.2) is 0 Å². The number of allylic oxidation sites excluding steroid dienone is 4. The lowest BCUT2D eigenvalue weighted by atomic mass is 9.91. The molecule has 6 heteroatoms. The standard InChI is InChI=1S/C12H8Cl4O2/c13-9-5-1-3-7(11(9,15)17)8-4-2-6-10(14)12(8,16)18/h1-6,17-18H/b8-7+. The Morgan fingerprint density at radius 2 is 1.11 bits per heavy atom. The summed E-state index contributed by atoms with van der Waals surface area (Å²) in [5.74, 6) is 0. The lowest BCUT2D eigenvalue weighted by Crippen LogP contribution is -2.33. The molecule has 0 heterocycles. The molecule has 0 aliphatic heterocycles. The summed E-state index contributed by atoms with van der Waals surface area (Å²) in [5, 5.41) is 16.5. The Kier molecular flexibility index (Phi) is 3.72. The van der Waals surface area contributed by atoms with E-state index in [0.29, 0.717) is 0 Å². The minimum absolute atomic E-state index is 0.0145. The lowest BCUT2D eigenvalue weighted by Gasteiger charge is -2.32. The molecule has 0 saturated heterocycles. The van der Waals surface area contributed by atoms with Crippen LogP contribution in [-0.4, -0.2) is 20.3 Å². The van der Waals surface area contributed by atoms with Crippen molar-refractivity contribution in [1.29, 1.82) is 0 Å². The molecule has 0 radical (unpaired) electrons. The van der Waals surface area contributed by atoms with E-state index >= 15 is 0 Å². The fraction of sp³-hybridized carbons (Fsp3) is 0.167. The maximum Gasteiger partial charge on any atom is 0.201 e. The zero-order valence-electron chi connectivity index (χ0n) is 8.87. The summed E-state index contributed by atoms with van der Waals surface area (Å²) in [6, 6.07) is 0. The molecule has 96 valence electrons. The smallest absolute Gasteiger partial charge is 0.201 e. The van der Waals surface area contributed by atoms with Crippen LogP contribution >= 0.6 is 46.4 Å². The predicted octanol–water partition coefficient (Wildman–Crippen LogP) is 3.52. The van der Waals surface area contributed by atoms with Crippen LogP contribution in [0.15, 0.2) is 57.7 Å². The van der Waals surface area contributed by atoms with Crippen LogP contribution in [0.3, 0.4) is 0 Å². The van der Waals surface area contributed by atoms with E-state index in [0.717, 1.165) is 0 Å². The first kappa shape index (κ1) is 14.2. The van der Waals surface area contributed by atoms with E-state index in [9.17, 15) is 10.2 Å².